The Morgan fingerprint density at radius 3 is 1.43 bits per heavy atom. The van der Waals surface area contributed by atoms with Gasteiger partial charge in [0.25, 0.3) is 0 Å². The first-order chi connectivity index (χ1) is 10.4. The van der Waals surface area contributed by atoms with Crippen LogP contribution in [0, 0.1) is 0 Å². The predicted octanol–water partition coefficient (Wildman–Crippen LogP) is 4.79. The van der Waals surface area contributed by atoms with Gasteiger partial charge in [-0.2, -0.15) is 0 Å². The molecule has 0 aromatic heterocycles. The monoisotopic (exact) mass is 288 g/mol. The summed E-state index contributed by atoms with van der Waals surface area (Å²) in [6, 6.07) is 32.0. The van der Waals surface area contributed by atoms with Gasteiger partial charge in [0.15, 0.2) is 0 Å². The molecule has 0 bridgehead atoms. The van der Waals surface area contributed by atoms with E-state index in [1.807, 2.05) is 0 Å². The fraction of sp³-hybridized carbons (Fsp3) is 0. The van der Waals surface area contributed by atoms with Crippen LogP contribution in [0.3, 0.4) is 0 Å². The van der Waals surface area contributed by atoms with Crippen LogP contribution in [0.15, 0.2) is 96.8 Å². The van der Waals surface area contributed by atoms with Crippen LogP contribution in [0.1, 0.15) is 5.56 Å². The van der Waals surface area contributed by atoms with Crippen LogP contribution >= 0.6 is 7.92 Å². The van der Waals surface area contributed by atoms with Gasteiger partial charge in [-0.15, -0.1) is 0 Å². The predicted molar refractivity (Wildman–Crippen MR) is 94.5 cm³/mol. The van der Waals surface area contributed by atoms with Gasteiger partial charge in [-0.25, -0.2) is 0 Å². The lowest BCUT2D eigenvalue weighted by Crippen LogP contribution is -2.09. The van der Waals surface area contributed by atoms with E-state index in [0.717, 1.165) is 0 Å². The Hall–Kier alpha value is -2.17. The Morgan fingerprint density at radius 2 is 0.952 bits per heavy atom. The molecule has 0 radical (unpaired) electrons. The van der Waals surface area contributed by atoms with Crippen LogP contribution in [0.25, 0.3) is 6.08 Å². The molecule has 0 saturated heterocycles. The summed E-state index contributed by atoms with van der Waals surface area (Å²) in [5.41, 5.74) is 1.25. The molecular weight excluding hydrogens is 271 g/mol. The maximum Gasteiger partial charge on any atom is -0.0157 e. The van der Waals surface area contributed by atoms with Crippen LogP contribution in [0.4, 0.5) is 0 Å². The van der Waals surface area contributed by atoms with Crippen LogP contribution in [0.5, 0.6) is 0 Å². The van der Waals surface area contributed by atoms with Crippen molar-refractivity contribution >= 4 is 24.6 Å². The summed E-state index contributed by atoms with van der Waals surface area (Å²) in [5, 5.41) is 2.76. The quantitative estimate of drug-likeness (QED) is 0.605. The Bertz CT molecular complexity index is 648. The number of rotatable bonds is 4. The average Bonchev–Trinajstić information content (AvgIpc) is 2.58. The lowest BCUT2D eigenvalue weighted by Gasteiger charge is -2.14. The molecule has 102 valence electrons. The van der Waals surface area contributed by atoms with Gasteiger partial charge in [-0.05, 0) is 24.1 Å². The first-order valence-electron chi connectivity index (χ1n) is 7.06. The molecule has 0 unspecified atom stereocenters. The van der Waals surface area contributed by atoms with E-state index in [1.165, 1.54) is 16.2 Å². The van der Waals surface area contributed by atoms with E-state index in [0.29, 0.717) is 0 Å². The Labute approximate surface area is 127 Å². The van der Waals surface area contributed by atoms with Gasteiger partial charge in [0.05, 0.1) is 0 Å². The molecule has 0 aliphatic heterocycles. The van der Waals surface area contributed by atoms with E-state index >= 15 is 0 Å². The molecule has 0 saturated carbocycles. The number of hydrogen-bond donors (Lipinski definition) is 0. The topological polar surface area (TPSA) is 0 Å². The van der Waals surface area contributed by atoms with Crippen LogP contribution in [-0.2, 0) is 0 Å². The molecule has 0 nitrogen and oxygen atoms in total. The molecule has 3 aromatic carbocycles. The molecule has 0 aliphatic carbocycles. The molecule has 0 spiro atoms. The summed E-state index contributed by atoms with van der Waals surface area (Å²) in [5.74, 6) is 2.34. The highest BCUT2D eigenvalue weighted by molar-refractivity contribution is 7.75. The molecule has 3 rings (SSSR count). The maximum absolute atomic E-state index is 2.34. The minimum absolute atomic E-state index is 0.455. The highest BCUT2D eigenvalue weighted by Crippen LogP contribution is 2.35. The van der Waals surface area contributed by atoms with Crippen molar-refractivity contribution in [3.05, 3.63) is 102 Å². The van der Waals surface area contributed by atoms with Crippen molar-refractivity contribution < 1.29 is 0 Å². The Kier molecular flexibility index (Phi) is 4.61. The number of hydrogen-bond acceptors (Lipinski definition) is 0. The number of benzene rings is 3. The molecule has 0 aliphatic rings. The Morgan fingerprint density at radius 1 is 0.524 bits per heavy atom. The molecule has 0 atom stereocenters. The summed E-state index contributed by atoms with van der Waals surface area (Å²) in [6.45, 7) is 0. The van der Waals surface area contributed by atoms with Gasteiger partial charge in [-0.1, -0.05) is 103 Å². The minimum atomic E-state index is -0.455. The standard InChI is InChI=1S/C20H17P/c1-4-10-18(11-5-1)16-17-21(19-12-6-2-7-13-19)20-14-8-3-9-15-20/h1-17H/b17-16+. The Balaban J connectivity index is 1.96. The molecular formula is C20H17P. The van der Waals surface area contributed by atoms with Crippen molar-refractivity contribution in [3.8, 4) is 0 Å². The summed E-state index contributed by atoms with van der Waals surface area (Å²) in [4.78, 5) is 0. The lowest BCUT2D eigenvalue weighted by atomic mass is 10.2. The van der Waals surface area contributed by atoms with E-state index in [2.05, 4.69) is 103 Å². The van der Waals surface area contributed by atoms with Gasteiger partial charge in [0.1, 0.15) is 0 Å². The van der Waals surface area contributed by atoms with Crippen molar-refractivity contribution in [2.45, 2.75) is 0 Å². The van der Waals surface area contributed by atoms with Crippen LogP contribution in [-0.4, -0.2) is 0 Å². The van der Waals surface area contributed by atoms with Crippen LogP contribution in [0.2, 0.25) is 0 Å². The average molecular weight is 288 g/mol. The van der Waals surface area contributed by atoms with Gasteiger partial charge >= 0.3 is 0 Å². The van der Waals surface area contributed by atoms with E-state index in [4.69, 9.17) is 0 Å². The third-order valence-electron chi connectivity index (χ3n) is 3.28. The molecule has 0 heterocycles. The van der Waals surface area contributed by atoms with E-state index < -0.39 is 7.92 Å². The van der Waals surface area contributed by atoms with Crippen molar-refractivity contribution in [1.82, 2.24) is 0 Å². The van der Waals surface area contributed by atoms with E-state index in [-0.39, 0.29) is 0 Å². The minimum Gasteiger partial charge on any atom is -0.0622 e. The maximum atomic E-state index is 2.34. The van der Waals surface area contributed by atoms with E-state index in [1.54, 1.807) is 0 Å². The third-order valence-corrected chi connectivity index (χ3v) is 5.44. The van der Waals surface area contributed by atoms with Gasteiger partial charge < -0.3 is 0 Å². The second-order valence-electron chi connectivity index (χ2n) is 4.77. The molecule has 3 aromatic rings. The van der Waals surface area contributed by atoms with Crippen molar-refractivity contribution in [2.24, 2.45) is 0 Å². The largest absolute Gasteiger partial charge is 0.0622 e. The summed E-state index contributed by atoms with van der Waals surface area (Å²) < 4.78 is 0. The summed E-state index contributed by atoms with van der Waals surface area (Å²) in [6.07, 6.45) is 2.23. The summed E-state index contributed by atoms with van der Waals surface area (Å²) in [7, 11) is -0.455. The molecule has 1 heteroatoms. The zero-order valence-electron chi connectivity index (χ0n) is 11.8. The SMILES string of the molecule is C(=C\P(c1ccccc1)c1ccccc1)/c1ccccc1. The highest BCUT2D eigenvalue weighted by atomic mass is 31.1. The molecule has 21 heavy (non-hydrogen) atoms. The molecule has 0 N–H and O–H groups in total. The fourth-order valence-corrected chi connectivity index (χ4v) is 4.17. The first kappa shape index (κ1) is 13.8. The second kappa shape index (κ2) is 7.02. The lowest BCUT2D eigenvalue weighted by molar-refractivity contribution is 1.66. The zero-order valence-corrected chi connectivity index (χ0v) is 12.7. The molecule has 0 amide bonds. The van der Waals surface area contributed by atoms with Crippen molar-refractivity contribution in [2.75, 3.05) is 0 Å². The second-order valence-corrected chi connectivity index (χ2v) is 6.84. The normalized spacial score (nSPS) is 11.1. The molecule has 0 fully saturated rings. The van der Waals surface area contributed by atoms with Gasteiger partial charge in [0, 0.05) is 0 Å². The van der Waals surface area contributed by atoms with Gasteiger partial charge in [0.2, 0.25) is 0 Å². The van der Waals surface area contributed by atoms with Gasteiger partial charge in [-0.3, -0.25) is 0 Å². The highest BCUT2D eigenvalue weighted by Gasteiger charge is 2.09. The fourth-order valence-electron chi connectivity index (χ4n) is 2.22. The zero-order chi connectivity index (χ0) is 14.3. The van der Waals surface area contributed by atoms with Crippen molar-refractivity contribution in [3.63, 3.8) is 0 Å². The van der Waals surface area contributed by atoms with E-state index in [9.17, 15) is 0 Å². The first-order valence-corrected chi connectivity index (χ1v) is 8.47. The van der Waals surface area contributed by atoms with Crippen LogP contribution < -0.4 is 10.6 Å². The third kappa shape index (κ3) is 3.68. The smallest absolute Gasteiger partial charge is 0.0157 e. The van der Waals surface area contributed by atoms with Crippen molar-refractivity contribution in [1.29, 1.82) is 0 Å². The summed E-state index contributed by atoms with van der Waals surface area (Å²) >= 11 is 0.